The van der Waals surface area contributed by atoms with Crippen LogP contribution in [0.4, 0.5) is 11.4 Å². The van der Waals surface area contributed by atoms with Crippen molar-refractivity contribution < 1.29 is 14.5 Å². The minimum Gasteiger partial charge on any atom is -0.362 e. The number of carbonyl (C=O) groups is 2. The second kappa shape index (κ2) is 10.2. The lowest BCUT2D eigenvalue weighted by Gasteiger charge is -2.35. The molecule has 1 fully saturated rings. The maximum atomic E-state index is 12.7. The van der Waals surface area contributed by atoms with E-state index >= 15 is 0 Å². The Hall–Kier alpha value is -4.21. The van der Waals surface area contributed by atoms with Crippen molar-refractivity contribution in [2.45, 2.75) is 20.0 Å². The molecule has 0 radical (unpaired) electrons. The highest BCUT2D eigenvalue weighted by Crippen LogP contribution is 2.30. The van der Waals surface area contributed by atoms with E-state index < -0.39 is 4.92 Å². The minimum atomic E-state index is -0.470. The van der Waals surface area contributed by atoms with Crippen molar-refractivity contribution >= 4 is 23.2 Å². The molecule has 2 aromatic carbocycles. The number of carbonyl (C=O) groups excluding carboxylic acids is 2. The molecule has 2 heterocycles. The zero-order valence-electron chi connectivity index (χ0n) is 18.9. The van der Waals surface area contributed by atoms with Crippen LogP contribution in [0.5, 0.6) is 0 Å². The summed E-state index contributed by atoms with van der Waals surface area (Å²) >= 11 is 0. The number of anilines is 1. The number of hydrogen-bond donors (Lipinski definition) is 1. The van der Waals surface area contributed by atoms with Gasteiger partial charge < -0.3 is 15.1 Å². The van der Waals surface area contributed by atoms with E-state index in [1.807, 2.05) is 46.1 Å². The Morgan fingerprint density at radius 3 is 2.50 bits per heavy atom. The zero-order chi connectivity index (χ0) is 24.1. The Bertz CT molecular complexity index is 1190. The quantitative estimate of drug-likeness (QED) is 0.426. The van der Waals surface area contributed by atoms with E-state index in [1.54, 1.807) is 23.2 Å². The summed E-state index contributed by atoms with van der Waals surface area (Å²) in [4.78, 5) is 39.1. The first kappa shape index (κ1) is 23.0. The summed E-state index contributed by atoms with van der Waals surface area (Å²) in [6.07, 6.45) is 3.61. The number of piperazine rings is 1. The molecule has 176 valence electrons. The molecule has 0 aliphatic carbocycles. The number of nitrogens with one attached hydrogen (secondary N) is 1. The van der Waals surface area contributed by atoms with Crippen LogP contribution < -0.4 is 10.2 Å². The summed E-state index contributed by atoms with van der Waals surface area (Å²) in [6.45, 7) is 4.46. The van der Waals surface area contributed by atoms with Gasteiger partial charge in [-0.25, -0.2) is 0 Å². The molecule has 2 amide bonds. The van der Waals surface area contributed by atoms with Crippen molar-refractivity contribution in [3.8, 4) is 0 Å². The van der Waals surface area contributed by atoms with Gasteiger partial charge in [0.1, 0.15) is 5.69 Å². The van der Waals surface area contributed by atoms with Gasteiger partial charge in [0.15, 0.2) is 0 Å². The maximum absolute atomic E-state index is 12.7. The van der Waals surface area contributed by atoms with Gasteiger partial charge in [-0.2, -0.15) is 5.10 Å². The normalized spacial score (nSPS) is 13.6. The predicted molar refractivity (Wildman–Crippen MR) is 127 cm³/mol. The SMILES string of the molecule is CC(=O)N1CCN(c2ccc(C(=O)NCc3cccc(Cn4cccn4)c3)cc2[N+](=O)[O-])CC1. The van der Waals surface area contributed by atoms with E-state index in [0.717, 1.165) is 11.1 Å². The Morgan fingerprint density at radius 2 is 1.82 bits per heavy atom. The molecule has 0 bridgehead atoms. The number of rotatable bonds is 7. The van der Waals surface area contributed by atoms with E-state index in [4.69, 9.17) is 0 Å². The van der Waals surface area contributed by atoms with Crippen LogP contribution in [0.25, 0.3) is 0 Å². The fourth-order valence-corrected chi connectivity index (χ4v) is 4.04. The van der Waals surface area contributed by atoms with Crippen molar-refractivity contribution in [2.75, 3.05) is 31.1 Å². The highest BCUT2D eigenvalue weighted by molar-refractivity contribution is 5.95. The standard InChI is InChI=1S/C24H26N6O4/c1-18(31)27-10-12-28(13-11-27)22-7-6-21(15-23(22)30(33)34)24(32)25-16-19-4-2-5-20(14-19)17-29-9-3-8-26-29/h2-9,14-15H,10-13,16-17H2,1H3,(H,25,32). The van der Waals surface area contributed by atoms with Crippen molar-refractivity contribution in [3.05, 3.63) is 87.7 Å². The monoisotopic (exact) mass is 462 g/mol. The number of benzene rings is 2. The third-order valence-corrected chi connectivity index (χ3v) is 5.85. The van der Waals surface area contributed by atoms with Gasteiger partial charge in [0, 0.05) is 63.7 Å². The fourth-order valence-electron chi connectivity index (χ4n) is 4.04. The molecule has 4 rings (SSSR count). The smallest absolute Gasteiger partial charge is 0.293 e. The van der Waals surface area contributed by atoms with Crippen molar-refractivity contribution in [3.63, 3.8) is 0 Å². The molecular weight excluding hydrogens is 436 g/mol. The molecule has 0 atom stereocenters. The summed E-state index contributed by atoms with van der Waals surface area (Å²) in [7, 11) is 0. The fraction of sp³-hybridized carbons (Fsp3) is 0.292. The minimum absolute atomic E-state index is 0.00640. The van der Waals surface area contributed by atoms with Crippen LogP contribution in [0.2, 0.25) is 0 Å². The largest absolute Gasteiger partial charge is 0.362 e. The first-order chi connectivity index (χ1) is 16.4. The highest BCUT2D eigenvalue weighted by atomic mass is 16.6. The Kier molecular flexibility index (Phi) is 6.86. The summed E-state index contributed by atoms with van der Waals surface area (Å²) in [5, 5.41) is 18.8. The molecular formula is C24H26N6O4. The molecule has 3 aromatic rings. The van der Waals surface area contributed by atoms with Gasteiger partial charge in [0.2, 0.25) is 5.91 Å². The molecule has 1 aliphatic rings. The first-order valence-electron chi connectivity index (χ1n) is 11.0. The van der Waals surface area contributed by atoms with Crippen molar-refractivity contribution in [1.29, 1.82) is 0 Å². The third-order valence-electron chi connectivity index (χ3n) is 5.85. The molecule has 1 saturated heterocycles. The first-order valence-corrected chi connectivity index (χ1v) is 11.0. The molecule has 0 spiro atoms. The molecule has 1 N–H and O–H groups in total. The maximum Gasteiger partial charge on any atom is 0.293 e. The second-order valence-corrected chi connectivity index (χ2v) is 8.16. The average molecular weight is 463 g/mol. The molecule has 10 heteroatoms. The van der Waals surface area contributed by atoms with Crippen LogP contribution in [0, 0.1) is 10.1 Å². The van der Waals surface area contributed by atoms with Crippen LogP contribution in [0.1, 0.15) is 28.4 Å². The predicted octanol–water partition coefficient (Wildman–Crippen LogP) is 2.44. The lowest BCUT2D eigenvalue weighted by molar-refractivity contribution is -0.384. The van der Waals surface area contributed by atoms with Crippen LogP contribution in [0.15, 0.2) is 60.9 Å². The van der Waals surface area contributed by atoms with Crippen molar-refractivity contribution in [1.82, 2.24) is 20.0 Å². The summed E-state index contributed by atoms with van der Waals surface area (Å²) in [6, 6.07) is 14.2. The topological polar surface area (TPSA) is 114 Å². The third kappa shape index (κ3) is 5.40. The van der Waals surface area contributed by atoms with Crippen LogP contribution in [-0.4, -0.2) is 57.6 Å². The van der Waals surface area contributed by atoms with Crippen molar-refractivity contribution in [2.24, 2.45) is 0 Å². The average Bonchev–Trinajstić information content (AvgIpc) is 3.35. The number of amides is 2. The van der Waals surface area contributed by atoms with Gasteiger partial charge in [0.25, 0.3) is 11.6 Å². The number of nitro benzene ring substituents is 1. The molecule has 0 saturated carbocycles. The Labute approximate surface area is 196 Å². The van der Waals surface area contributed by atoms with Gasteiger partial charge in [-0.3, -0.25) is 24.4 Å². The Morgan fingerprint density at radius 1 is 1.06 bits per heavy atom. The number of aromatic nitrogens is 2. The van der Waals surface area contributed by atoms with Crippen LogP contribution in [-0.2, 0) is 17.9 Å². The molecule has 1 aromatic heterocycles. The lowest BCUT2D eigenvalue weighted by Crippen LogP contribution is -2.48. The number of nitrogens with zero attached hydrogens (tertiary/aromatic N) is 5. The summed E-state index contributed by atoms with van der Waals surface area (Å²) < 4.78 is 1.82. The zero-order valence-corrected chi connectivity index (χ0v) is 18.9. The Balaban J connectivity index is 1.42. The highest BCUT2D eigenvalue weighted by Gasteiger charge is 2.25. The van der Waals surface area contributed by atoms with Gasteiger partial charge >= 0.3 is 0 Å². The molecule has 1 aliphatic heterocycles. The van der Waals surface area contributed by atoms with E-state index in [2.05, 4.69) is 10.4 Å². The van der Waals surface area contributed by atoms with E-state index in [-0.39, 0.29) is 23.1 Å². The van der Waals surface area contributed by atoms with E-state index in [9.17, 15) is 19.7 Å². The van der Waals surface area contributed by atoms with Gasteiger partial charge in [-0.05, 0) is 29.3 Å². The van der Waals surface area contributed by atoms with Gasteiger partial charge in [-0.1, -0.05) is 24.3 Å². The lowest BCUT2D eigenvalue weighted by atomic mass is 10.1. The van der Waals surface area contributed by atoms with Crippen LogP contribution >= 0.6 is 0 Å². The van der Waals surface area contributed by atoms with E-state index in [0.29, 0.717) is 45.0 Å². The molecule has 34 heavy (non-hydrogen) atoms. The summed E-state index contributed by atoms with van der Waals surface area (Å²) in [5.41, 5.74) is 2.54. The summed E-state index contributed by atoms with van der Waals surface area (Å²) in [5.74, 6) is -0.387. The second-order valence-electron chi connectivity index (χ2n) is 8.16. The van der Waals surface area contributed by atoms with Crippen LogP contribution in [0.3, 0.4) is 0 Å². The molecule has 0 unspecified atom stereocenters. The number of hydrogen-bond acceptors (Lipinski definition) is 6. The molecule has 10 nitrogen and oxygen atoms in total. The van der Waals surface area contributed by atoms with Gasteiger partial charge in [0.05, 0.1) is 11.5 Å². The van der Waals surface area contributed by atoms with E-state index in [1.165, 1.54) is 13.0 Å². The van der Waals surface area contributed by atoms with Gasteiger partial charge in [-0.15, -0.1) is 0 Å². The number of nitro groups is 1.